The van der Waals surface area contributed by atoms with Gasteiger partial charge in [-0.05, 0) is 18.2 Å². The molecule has 0 aliphatic rings. The number of carbonyl (C=O) groups is 1. The molecule has 3 rings (SSSR count). The smallest absolute Gasteiger partial charge is 0.339 e. The van der Waals surface area contributed by atoms with E-state index >= 15 is 0 Å². The lowest BCUT2D eigenvalue weighted by Crippen LogP contribution is -2.06. The third kappa shape index (κ3) is 2.60. The van der Waals surface area contributed by atoms with E-state index in [1.54, 1.807) is 24.4 Å². The Morgan fingerprint density at radius 2 is 2.19 bits per heavy atom. The summed E-state index contributed by atoms with van der Waals surface area (Å²) in [6, 6.07) is 7.69. The number of esters is 1. The molecule has 2 aromatic heterocycles. The molecule has 0 unspecified atom stereocenters. The van der Waals surface area contributed by atoms with E-state index in [2.05, 4.69) is 9.97 Å². The number of pyridine rings is 1. The van der Waals surface area contributed by atoms with Crippen molar-refractivity contribution in [3.05, 3.63) is 64.7 Å². The lowest BCUT2D eigenvalue weighted by molar-refractivity contribution is 0.0475. The molecule has 0 radical (unpaired) electrons. The van der Waals surface area contributed by atoms with Crippen molar-refractivity contribution in [1.82, 2.24) is 9.97 Å². The van der Waals surface area contributed by atoms with Crippen LogP contribution in [0.5, 0.6) is 0 Å². The Balaban J connectivity index is 1.81. The van der Waals surface area contributed by atoms with Crippen molar-refractivity contribution in [2.24, 2.45) is 0 Å². The van der Waals surface area contributed by atoms with E-state index in [-0.39, 0.29) is 11.6 Å². The van der Waals surface area contributed by atoms with Crippen LogP contribution in [0.25, 0.3) is 11.0 Å². The molecule has 2 heterocycles. The molecule has 6 heteroatoms. The molecule has 0 bridgehead atoms. The van der Waals surface area contributed by atoms with Crippen LogP contribution >= 0.6 is 11.6 Å². The summed E-state index contributed by atoms with van der Waals surface area (Å²) >= 11 is 5.82. The molecule has 106 valence electrons. The van der Waals surface area contributed by atoms with Crippen LogP contribution in [0, 0.1) is 5.82 Å². The maximum atomic E-state index is 13.3. The minimum atomic E-state index is -0.540. The normalized spacial score (nSPS) is 10.8. The summed E-state index contributed by atoms with van der Waals surface area (Å²) in [6.45, 7) is -0.0936. The molecule has 1 N–H and O–H groups in total. The van der Waals surface area contributed by atoms with Gasteiger partial charge in [-0.25, -0.2) is 14.2 Å². The summed E-state index contributed by atoms with van der Waals surface area (Å²) in [6.07, 6.45) is 3.21. The van der Waals surface area contributed by atoms with Crippen LogP contribution < -0.4 is 0 Å². The third-order valence-corrected chi connectivity index (χ3v) is 3.49. The summed E-state index contributed by atoms with van der Waals surface area (Å²) in [5.74, 6) is -1.05. The average Bonchev–Trinajstić information content (AvgIpc) is 2.96. The largest absolute Gasteiger partial charge is 0.457 e. The number of fused-ring (bicyclic) bond motifs is 1. The van der Waals surface area contributed by atoms with Crippen molar-refractivity contribution in [2.75, 3.05) is 0 Å². The topological polar surface area (TPSA) is 55.0 Å². The number of aromatic nitrogens is 2. The highest BCUT2D eigenvalue weighted by Gasteiger charge is 2.14. The van der Waals surface area contributed by atoms with Crippen molar-refractivity contribution in [2.45, 2.75) is 6.61 Å². The number of aromatic amines is 1. The molecular formula is C15H10ClFN2O2. The first-order chi connectivity index (χ1) is 10.2. The predicted molar refractivity (Wildman–Crippen MR) is 76.6 cm³/mol. The van der Waals surface area contributed by atoms with Gasteiger partial charge in [0.1, 0.15) is 18.1 Å². The fourth-order valence-corrected chi connectivity index (χ4v) is 2.20. The molecule has 0 saturated heterocycles. The zero-order valence-corrected chi connectivity index (χ0v) is 11.5. The quantitative estimate of drug-likeness (QED) is 0.750. The summed E-state index contributed by atoms with van der Waals surface area (Å²) in [5, 5.41) is 0.639. The zero-order valence-electron chi connectivity index (χ0n) is 10.8. The van der Waals surface area contributed by atoms with E-state index in [4.69, 9.17) is 16.3 Å². The number of nitrogens with one attached hydrogen (secondary N) is 1. The van der Waals surface area contributed by atoms with Gasteiger partial charge in [-0.3, -0.25) is 0 Å². The average molecular weight is 305 g/mol. The molecule has 0 aliphatic carbocycles. The van der Waals surface area contributed by atoms with Crippen LogP contribution in [0.1, 0.15) is 15.9 Å². The second-order valence-corrected chi connectivity index (χ2v) is 4.77. The molecule has 0 atom stereocenters. The monoisotopic (exact) mass is 304 g/mol. The van der Waals surface area contributed by atoms with Gasteiger partial charge in [-0.15, -0.1) is 0 Å². The first-order valence-electron chi connectivity index (χ1n) is 6.19. The number of hydrogen-bond donors (Lipinski definition) is 1. The second-order valence-electron chi connectivity index (χ2n) is 4.39. The van der Waals surface area contributed by atoms with Crippen molar-refractivity contribution in [3.8, 4) is 0 Å². The molecule has 1 aromatic carbocycles. The lowest BCUT2D eigenvalue weighted by Gasteiger charge is -2.07. The molecule has 0 fully saturated rings. The number of rotatable bonds is 3. The van der Waals surface area contributed by atoms with Crippen molar-refractivity contribution in [1.29, 1.82) is 0 Å². The summed E-state index contributed by atoms with van der Waals surface area (Å²) < 4.78 is 18.5. The van der Waals surface area contributed by atoms with Crippen LogP contribution in [0.3, 0.4) is 0 Å². The maximum Gasteiger partial charge on any atom is 0.339 e. The van der Waals surface area contributed by atoms with Crippen molar-refractivity contribution in [3.63, 3.8) is 0 Å². The number of benzene rings is 1. The molecule has 21 heavy (non-hydrogen) atoms. The summed E-state index contributed by atoms with van der Waals surface area (Å²) in [4.78, 5) is 19.1. The Kier molecular flexibility index (Phi) is 3.58. The maximum absolute atomic E-state index is 13.3. The highest BCUT2D eigenvalue weighted by molar-refractivity contribution is 6.31. The molecule has 4 nitrogen and oxygen atoms in total. The van der Waals surface area contributed by atoms with Gasteiger partial charge in [0.15, 0.2) is 0 Å². The van der Waals surface area contributed by atoms with Crippen LogP contribution in [-0.4, -0.2) is 15.9 Å². The number of carbonyl (C=O) groups excluding carboxylic acids is 1. The number of halogens is 2. The van der Waals surface area contributed by atoms with E-state index < -0.39 is 11.8 Å². The summed E-state index contributed by atoms with van der Waals surface area (Å²) in [7, 11) is 0. The standard InChI is InChI=1S/C15H10ClFN2O2/c16-13-9(2-1-3-12(13)17)8-21-15(20)11-5-7-19-14-10(11)4-6-18-14/h1-7H,8H2,(H,18,19). The fraction of sp³-hybridized carbons (Fsp3) is 0.0667. The highest BCUT2D eigenvalue weighted by Crippen LogP contribution is 2.21. The van der Waals surface area contributed by atoms with Crippen LogP contribution in [-0.2, 0) is 11.3 Å². The van der Waals surface area contributed by atoms with E-state index in [1.165, 1.54) is 18.3 Å². The Morgan fingerprint density at radius 3 is 3.05 bits per heavy atom. The van der Waals surface area contributed by atoms with E-state index in [9.17, 15) is 9.18 Å². The van der Waals surface area contributed by atoms with Gasteiger partial charge in [-0.2, -0.15) is 0 Å². The van der Waals surface area contributed by atoms with Gasteiger partial charge >= 0.3 is 5.97 Å². The molecular weight excluding hydrogens is 295 g/mol. The minimum absolute atomic E-state index is 0.0354. The third-order valence-electron chi connectivity index (χ3n) is 3.07. The number of ether oxygens (including phenoxy) is 1. The van der Waals surface area contributed by atoms with Gasteiger partial charge in [-0.1, -0.05) is 23.7 Å². The minimum Gasteiger partial charge on any atom is -0.457 e. The first-order valence-corrected chi connectivity index (χ1v) is 6.56. The molecule has 0 saturated carbocycles. The Labute approximate surface area is 124 Å². The van der Waals surface area contributed by atoms with Crippen LogP contribution in [0.2, 0.25) is 5.02 Å². The molecule has 0 amide bonds. The molecule has 0 aliphatic heterocycles. The number of hydrogen-bond acceptors (Lipinski definition) is 3. The van der Waals surface area contributed by atoms with Gasteiger partial charge in [0.2, 0.25) is 0 Å². The van der Waals surface area contributed by atoms with Crippen molar-refractivity contribution < 1.29 is 13.9 Å². The van der Waals surface area contributed by atoms with Crippen LogP contribution in [0.4, 0.5) is 4.39 Å². The summed E-state index contributed by atoms with van der Waals surface area (Å²) in [5.41, 5.74) is 1.42. The molecule has 0 spiro atoms. The lowest BCUT2D eigenvalue weighted by atomic mass is 10.2. The number of H-pyrrole nitrogens is 1. The Bertz CT molecular complexity index is 816. The van der Waals surface area contributed by atoms with Gasteiger partial charge < -0.3 is 9.72 Å². The Morgan fingerprint density at radius 1 is 1.33 bits per heavy atom. The van der Waals surface area contributed by atoms with Crippen molar-refractivity contribution >= 4 is 28.6 Å². The second kappa shape index (κ2) is 5.54. The van der Waals surface area contributed by atoms with Gasteiger partial charge in [0, 0.05) is 23.3 Å². The van der Waals surface area contributed by atoms with Gasteiger partial charge in [0.05, 0.1) is 10.6 Å². The van der Waals surface area contributed by atoms with Gasteiger partial charge in [0.25, 0.3) is 0 Å². The zero-order chi connectivity index (χ0) is 14.8. The number of nitrogens with zero attached hydrogens (tertiary/aromatic N) is 1. The highest BCUT2D eigenvalue weighted by atomic mass is 35.5. The SMILES string of the molecule is O=C(OCc1cccc(F)c1Cl)c1ccnc2[nH]ccc12. The predicted octanol–water partition coefficient (Wildman–Crippen LogP) is 3.71. The van der Waals surface area contributed by atoms with Crippen LogP contribution in [0.15, 0.2) is 42.7 Å². The Hall–Kier alpha value is -2.40. The molecule has 3 aromatic rings. The fourth-order valence-electron chi connectivity index (χ4n) is 2.02. The van der Waals surface area contributed by atoms with E-state index in [1.807, 2.05) is 0 Å². The van der Waals surface area contributed by atoms with E-state index in [0.29, 0.717) is 22.2 Å². The van der Waals surface area contributed by atoms with E-state index in [0.717, 1.165) is 0 Å². The first kappa shape index (κ1) is 13.6.